The fourth-order valence-electron chi connectivity index (χ4n) is 2.91. The van der Waals surface area contributed by atoms with E-state index < -0.39 is 23.1 Å². The number of esters is 2. The van der Waals surface area contributed by atoms with Crippen molar-refractivity contribution >= 4 is 23.1 Å². The van der Waals surface area contributed by atoms with Crippen LogP contribution in [-0.2, 0) is 27.1 Å². The molecule has 1 aliphatic heterocycles. The van der Waals surface area contributed by atoms with E-state index in [-0.39, 0.29) is 24.3 Å². The van der Waals surface area contributed by atoms with Crippen molar-refractivity contribution < 1.29 is 23.6 Å². The number of rotatable bonds is 4. The first-order valence-electron chi connectivity index (χ1n) is 8.08. The van der Waals surface area contributed by atoms with Gasteiger partial charge in [0.05, 0.1) is 18.8 Å². The molecule has 1 heterocycles. The lowest BCUT2D eigenvalue weighted by molar-refractivity contribution is 0.0475. The maximum Gasteiger partial charge on any atom is 0.344 e. The smallest absolute Gasteiger partial charge is 0.344 e. The summed E-state index contributed by atoms with van der Waals surface area (Å²) in [6.07, 6.45) is 0.548. The minimum absolute atomic E-state index is 0.0469. The highest BCUT2D eigenvalue weighted by Crippen LogP contribution is 2.38. The van der Waals surface area contributed by atoms with E-state index in [1.165, 1.54) is 0 Å². The molecule has 0 saturated heterocycles. The summed E-state index contributed by atoms with van der Waals surface area (Å²) in [7, 11) is 0. The van der Waals surface area contributed by atoms with Crippen LogP contribution in [0.4, 0.5) is 0 Å². The van der Waals surface area contributed by atoms with E-state index in [1.54, 1.807) is 38.1 Å². The summed E-state index contributed by atoms with van der Waals surface area (Å²) < 4.78 is 23.3. The molecule has 0 aliphatic carbocycles. The first kappa shape index (κ1) is 17.5. The Labute approximate surface area is 149 Å². The SMILES string of the molecule is CCOC(=O)c1ccc2c(c1C(=O)OCC)[S+]([O-])c1ccccc1C2. The summed E-state index contributed by atoms with van der Waals surface area (Å²) in [5.74, 6) is -1.28. The van der Waals surface area contributed by atoms with Crippen LogP contribution < -0.4 is 0 Å². The maximum absolute atomic E-state index is 13.1. The summed E-state index contributed by atoms with van der Waals surface area (Å²) >= 11 is -1.57. The quantitative estimate of drug-likeness (QED) is 0.620. The summed E-state index contributed by atoms with van der Waals surface area (Å²) in [6, 6.07) is 10.7. The third-order valence-electron chi connectivity index (χ3n) is 3.95. The van der Waals surface area contributed by atoms with Gasteiger partial charge in [-0.05, 0) is 26.0 Å². The number of hydrogen-bond donors (Lipinski definition) is 0. The normalized spacial score (nSPS) is 15.1. The van der Waals surface area contributed by atoms with E-state index in [1.807, 2.05) is 12.1 Å². The van der Waals surface area contributed by atoms with Gasteiger partial charge in [-0.1, -0.05) is 24.3 Å². The maximum atomic E-state index is 13.1. The second-order valence-electron chi connectivity index (χ2n) is 5.47. The average Bonchev–Trinajstić information content (AvgIpc) is 2.61. The van der Waals surface area contributed by atoms with Crippen LogP contribution >= 0.6 is 0 Å². The molecule has 5 nitrogen and oxygen atoms in total. The summed E-state index contributed by atoms with van der Waals surface area (Å²) in [6.45, 7) is 3.72. The van der Waals surface area contributed by atoms with Gasteiger partial charge in [-0.15, -0.1) is 0 Å². The lowest BCUT2D eigenvalue weighted by Crippen LogP contribution is -2.23. The Balaban J connectivity index is 2.19. The van der Waals surface area contributed by atoms with Gasteiger partial charge in [-0.3, -0.25) is 0 Å². The Bertz CT molecular complexity index is 831. The first-order valence-corrected chi connectivity index (χ1v) is 9.23. The van der Waals surface area contributed by atoms with Crippen LogP contribution in [-0.4, -0.2) is 29.7 Å². The Hall–Kier alpha value is -2.31. The van der Waals surface area contributed by atoms with Gasteiger partial charge in [0, 0.05) is 28.7 Å². The van der Waals surface area contributed by atoms with Gasteiger partial charge in [0.15, 0.2) is 9.79 Å². The van der Waals surface area contributed by atoms with Crippen LogP contribution in [0.3, 0.4) is 0 Å². The van der Waals surface area contributed by atoms with Crippen molar-refractivity contribution in [2.75, 3.05) is 13.2 Å². The third-order valence-corrected chi connectivity index (χ3v) is 5.59. The van der Waals surface area contributed by atoms with Crippen molar-refractivity contribution in [2.24, 2.45) is 0 Å². The van der Waals surface area contributed by atoms with Crippen LogP contribution in [0.25, 0.3) is 0 Å². The second kappa shape index (κ2) is 7.29. The Kier molecular flexibility index (Phi) is 5.11. The monoisotopic (exact) mass is 358 g/mol. The molecule has 0 bridgehead atoms. The van der Waals surface area contributed by atoms with Crippen molar-refractivity contribution in [3.8, 4) is 0 Å². The highest BCUT2D eigenvalue weighted by molar-refractivity contribution is 7.91. The minimum atomic E-state index is -1.57. The van der Waals surface area contributed by atoms with Gasteiger partial charge in [0.2, 0.25) is 0 Å². The molecule has 0 radical (unpaired) electrons. The molecular formula is C19H18O5S. The van der Waals surface area contributed by atoms with Crippen molar-refractivity contribution in [3.05, 3.63) is 58.7 Å². The topological polar surface area (TPSA) is 75.7 Å². The van der Waals surface area contributed by atoms with E-state index in [2.05, 4.69) is 0 Å². The van der Waals surface area contributed by atoms with Crippen LogP contribution in [0.5, 0.6) is 0 Å². The molecule has 0 N–H and O–H groups in total. The Morgan fingerprint density at radius 1 is 1.00 bits per heavy atom. The lowest BCUT2D eigenvalue weighted by atomic mass is 9.98. The molecule has 1 aliphatic rings. The summed E-state index contributed by atoms with van der Waals surface area (Å²) in [4.78, 5) is 25.8. The van der Waals surface area contributed by atoms with Crippen molar-refractivity contribution in [1.82, 2.24) is 0 Å². The number of fused-ring (bicyclic) bond motifs is 2. The van der Waals surface area contributed by atoms with Gasteiger partial charge < -0.3 is 14.0 Å². The fraction of sp³-hybridized carbons (Fsp3) is 0.263. The van der Waals surface area contributed by atoms with Gasteiger partial charge in [-0.25, -0.2) is 9.59 Å². The lowest BCUT2D eigenvalue weighted by Gasteiger charge is -2.24. The molecule has 130 valence electrons. The minimum Gasteiger partial charge on any atom is -0.606 e. The van der Waals surface area contributed by atoms with Gasteiger partial charge >= 0.3 is 11.9 Å². The van der Waals surface area contributed by atoms with Gasteiger partial charge in [0.25, 0.3) is 0 Å². The Morgan fingerprint density at radius 2 is 1.68 bits per heavy atom. The van der Waals surface area contributed by atoms with Crippen molar-refractivity contribution in [2.45, 2.75) is 30.1 Å². The largest absolute Gasteiger partial charge is 0.606 e. The molecule has 1 unspecified atom stereocenters. The molecule has 0 amide bonds. The van der Waals surface area contributed by atoms with E-state index in [0.717, 1.165) is 11.1 Å². The summed E-state index contributed by atoms with van der Waals surface area (Å²) in [5.41, 5.74) is 1.84. The van der Waals surface area contributed by atoms with Gasteiger partial charge in [-0.2, -0.15) is 0 Å². The molecule has 3 rings (SSSR count). The Morgan fingerprint density at radius 3 is 2.40 bits per heavy atom. The zero-order valence-corrected chi connectivity index (χ0v) is 14.9. The van der Waals surface area contributed by atoms with Gasteiger partial charge in [0.1, 0.15) is 5.56 Å². The van der Waals surface area contributed by atoms with E-state index in [0.29, 0.717) is 16.2 Å². The van der Waals surface area contributed by atoms with Crippen LogP contribution in [0.1, 0.15) is 45.7 Å². The highest BCUT2D eigenvalue weighted by Gasteiger charge is 2.37. The van der Waals surface area contributed by atoms with Crippen molar-refractivity contribution in [3.63, 3.8) is 0 Å². The molecule has 0 fully saturated rings. The van der Waals surface area contributed by atoms with E-state index in [9.17, 15) is 14.1 Å². The van der Waals surface area contributed by atoms with Crippen LogP contribution in [0.2, 0.25) is 0 Å². The predicted octanol–water partition coefficient (Wildman–Crippen LogP) is 3.11. The number of carbonyl (C=O) groups is 2. The van der Waals surface area contributed by atoms with Crippen LogP contribution in [0, 0.1) is 0 Å². The summed E-state index contributed by atoms with van der Waals surface area (Å²) in [5, 5.41) is 0. The second-order valence-corrected chi connectivity index (χ2v) is 6.86. The number of carbonyl (C=O) groups excluding carboxylic acids is 2. The first-order chi connectivity index (χ1) is 12.1. The molecule has 0 spiro atoms. The number of hydrogen-bond acceptors (Lipinski definition) is 5. The molecule has 2 aromatic rings. The van der Waals surface area contributed by atoms with E-state index in [4.69, 9.17) is 9.47 Å². The molecular weight excluding hydrogens is 340 g/mol. The third kappa shape index (κ3) is 3.15. The fourth-order valence-corrected chi connectivity index (χ4v) is 4.46. The molecule has 0 saturated carbocycles. The highest BCUT2D eigenvalue weighted by atomic mass is 32.2. The average molecular weight is 358 g/mol. The zero-order chi connectivity index (χ0) is 18.0. The number of benzene rings is 2. The standard InChI is InChI=1S/C19H18O5S/c1-3-23-18(20)14-10-9-13-11-12-7-5-6-8-15(12)25(22)17(13)16(14)19(21)24-4-2/h5-10H,3-4,11H2,1-2H3. The molecule has 1 atom stereocenters. The molecule has 0 aromatic heterocycles. The number of ether oxygens (including phenoxy) is 2. The molecule has 6 heteroatoms. The van der Waals surface area contributed by atoms with Crippen LogP contribution in [0.15, 0.2) is 46.2 Å². The predicted molar refractivity (Wildman–Crippen MR) is 92.3 cm³/mol. The van der Waals surface area contributed by atoms with Crippen molar-refractivity contribution in [1.29, 1.82) is 0 Å². The zero-order valence-electron chi connectivity index (χ0n) is 14.0. The molecule has 25 heavy (non-hydrogen) atoms. The molecule has 2 aromatic carbocycles. The van der Waals surface area contributed by atoms with E-state index >= 15 is 0 Å².